The average Bonchev–Trinajstić information content (AvgIpc) is 2.57. The molecular formula is C19H28FNO4. The molecule has 25 heavy (non-hydrogen) atoms. The molecule has 0 bridgehead atoms. The summed E-state index contributed by atoms with van der Waals surface area (Å²) in [7, 11) is 0. The Morgan fingerprint density at radius 3 is 2.56 bits per heavy atom. The summed E-state index contributed by atoms with van der Waals surface area (Å²) in [5.41, 5.74) is 0.453. The fourth-order valence-electron chi connectivity index (χ4n) is 2.29. The van der Waals surface area contributed by atoms with E-state index in [1.807, 2.05) is 13.0 Å². The molecule has 140 valence electrons. The molecular weight excluding hydrogens is 325 g/mol. The quantitative estimate of drug-likeness (QED) is 0.561. The number of rotatable bonds is 10. The molecule has 1 rings (SSSR count). The zero-order valence-electron chi connectivity index (χ0n) is 15.1. The van der Waals surface area contributed by atoms with E-state index >= 15 is 0 Å². The number of ketones is 1. The van der Waals surface area contributed by atoms with Gasteiger partial charge in [0.2, 0.25) is 5.91 Å². The maximum Gasteiger partial charge on any atom is 0.249 e. The molecule has 0 aliphatic heterocycles. The molecule has 6 heteroatoms. The van der Waals surface area contributed by atoms with Crippen LogP contribution in [0.15, 0.2) is 18.2 Å². The number of nitrogens with one attached hydrogen (secondary N) is 1. The third-order valence-electron chi connectivity index (χ3n) is 4.21. The number of carbonyl (C=O) groups is 2. The summed E-state index contributed by atoms with van der Waals surface area (Å²) in [4.78, 5) is 23.6. The SMILES string of the molecule is Cc1ccc(CCC(=O)CCCNC(=O)[C@H](O)C(C)(C)CO)c(F)c1. The maximum atomic E-state index is 13.7. The van der Waals surface area contributed by atoms with Crippen molar-refractivity contribution >= 4 is 11.7 Å². The standard InChI is InChI=1S/C19H28FNO4/c1-13-6-7-14(16(20)11-13)8-9-15(23)5-4-10-21-18(25)17(24)19(2,3)12-22/h6-7,11,17,22,24H,4-5,8-10,12H2,1-3H3,(H,21,25)/t17-/m0/s1. The Morgan fingerprint density at radius 1 is 1.28 bits per heavy atom. The Kier molecular flexibility index (Phi) is 8.19. The number of hydrogen-bond acceptors (Lipinski definition) is 4. The van der Waals surface area contributed by atoms with Crippen LogP contribution in [0, 0.1) is 18.2 Å². The van der Waals surface area contributed by atoms with Crippen molar-refractivity contribution < 1.29 is 24.2 Å². The van der Waals surface area contributed by atoms with Crippen molar-refractivity contribution in [2.45, 2.75) is 52.6 Å². The van der Waals surface area contributed by atoms with E-state index in [0.29, 0.717) is 18.4 Å². The van der Waals surface area contributed by atoms with Crippen LogP contribution in [0.2, 0.25) is 0 Å². The van der Waals surface area contributed by atoms with Gasteiger partial charge in [-0.2, -0.15) is 0 Å². The second kappa shape index (κ2) is 9.63. The van der Waals surface area contributed by atoms with E-state index in [1.54, 1.807) is 19.9 Å². The van der Waals surface area contributed by atoms with E-state index in [4.69, 9.17) is 5.11 Å². The Bertz CT molecular complexity index is 601. The Labute approximate surface area is 148 Å². The first-order valence-corrected chi connectivity index (χ1v) is 8.50. The average molecular weight is 353 g/mol. The third-order valence-corrected chi connectivity index (χ3v) is 4.21. The van der Waals surface area contributed by atoms with Gasteiger partial charge in [0.15, 0.2) is 0 Å². The minimum absolute atomic E-state index is 0.00506. The highest BCUT2D eigenvalue weighted by molar-refractivity contribution is 5.81. The first kappa shape index (κ1) is 21.3. The van der Waals surface area contributed by atoms with Crippen LogP contribution in [0.4, 0.5) is 4.39 Å². The number of hydrogen-bond donors (Lipinski definition) is 3. The van der Waals surface area contributed by atoms with Crippen LogP contribution in [-0.4, -0.2) is 41.2 Å². The maximum absolute atomic E-state index is 13.7. The minimum atomic E-state index is -1.31. The smallest absolute Gasteiger partial charge is 0.249 e. The summed E-state index contributed by atoms with van der Waals surface area (Å²) in [5.74, 6) is -0.848. The first-order chi connectivity index (χ1) is 11.7. The van der Waals surface area contributed by atoms with Crippen molar-refractivity contribution in [3.05, 3.63) is 35.1 Å². The predicted octanol–water partition coefficient (Wildman–Crippen LogP) is 1.91. The van der Waals surface area contributed by atoms with E-state index in [-0.39, 0.29) is 37.6 Å². The molecule has 0 aliphatic carbocycles. The molecule has 1 aromatic carbocycles. The summed E-state index contributed by atoms with van der Waals surface area (Å²) in [5, 5.41) is 21.5. The van der Waals surface area contributed by atoms with Crippen LogP contribution in [0.5, 0.6) is 0 Å². The van der Waals surface area contributed by atoms with Crippen LogP contribution in [0.25, 0.3) is 0 Å². The molecule has 0 heterocycles. The summed E-state index contributed by atoms with van der Waals surface area (Å²) in [6.45, 7) is 4.94. The van der Waals surface area contributed by atoms with Crippen molar-refractivity contribution in [2.75, 3.05) is 13.2 Å². The van der Waals surface area contributed by atoms with Gasteiger partial charge in [-0.3, -0.25) is 9.59 Å². The van der Waals surface area contributed by atoms with Gasteiger partial charge < -0.3 is 15.5 Å². The molecule has 1 aromatic rings. The van der Waals surface area contributed by atoms with Crippen LogP contribution in [0.1, 0.15) is 44.2 Å². The minimum Gasteiger partial charge on any atom is -0.396 e. The van der Waals surface area contributed by atoms with Gasteiger partial charge in [0.1, 0.15) is 17.7 Å². The third kappa shape index (κ3) is 6.92. The summed E-state index contributed by atoms with van der Waals surface area (Å²) >= 11 is 0. The Hall–Kier alpha value is -1.79. The molecule has 0 radical (unpaired) electrons. The van der Waals surface area contributed by atoms with Crippen LogP contribution >= 0.6 is 0 Å². The van der Waals surface area contributed by atoms with Crippen LogP contribution in [-0.2, 0) is 16.0 Å². The first-order valence-electron chi connectivity index (χ1n) is 8.50. The normalized spacial score (nSPS) is 12.7. The number of halogens is 1. The molecule has 1 atom stereocenters. The highest BCUT2D eigenvalue weighted by Gasteiger charge is 2.32. The number of Topliss-reactive ketones (excluding diaryl/α,β-unsaturated/α-hetero) is 1. The zero-order chi connectivity index (χ0) is 19.0. The molecule has 0 aliphatic rings. The zero-order valence-corrected chi connectivity index (χ0v) is 15.1. The van der Waals surface area contributed by atoms with Gasteiger partial charge in [-0.25, -0.2) is 4.39 Å². The molecule has 5 nitrogen and oxygen atoms in total. The fraction of sp³-hybridized carbons (Fsp3) is 0.579. The van der Waals surface area contributed by atoms with Crippen molar-refractivity contribution in [2.24, 2.45) is 5.41 Å². The van der Waals surface area contributed by atoms with Gasteiger partial charge in [0, 0.05) is 24.8 Å². The fourth-order valence-corrected chi connectivity index (χ4v) is 2.29. The van der Waals surface area contributed by atoms with Gasteiger partial charge >= 0.3 is 0 Å². The van der Waals surface area contributed by atoms with Crippen molar-refractivity contribution in [1.82, 2.24) is 5.32 Å². The van der Waals surface area contributed by atoms with Crippen molar-refractivity contribution in [3.63, 3.8) is 0 Å². The molecule has 3 N–H and O–H groups in total. The van der Waals surface area contributed by atoms with Crippen LogP contribution in [0.3, 0.4) is 0 Å². The number of benzene rings is 1. The molecule has 0 aromatic heterocycles. The van der Waals surface area contributed by atoms with Gasteiger partial charge in [-0.05, 0) is 37.0 Å². The molecule has 0 unspecified atom stereocenters. The number of carbonyl (C=O) groups excluding carboxylic acids is 2. The van der Waals surface area contributed by atoms with Crippen LogP contribution < -0.4 is 5.32 Å². The summed E-state index contributed by atoms with van der Waals surface area (Å²) in [6, 6.07) is 4.97. The Morgan fingerprint density at radius 2 is 1.96 bits per heavy atom. The number of aliphatic hydroxyl groups is 2. The lowest BCUT2D eigenvalue weighted by Crippen LogP contribution is -2.45. The van der Waals surface area contributed by atoms with E-state index in [9.17, 15) is 19.1 Å². The lowest BCUT2D eigenvalue weighted by Gasteiger charge is -2.27. The second-order valence-electron chi connectivity index (χ2n) is 7.08. The van der Waals surface area contributed by atoms with Gasteiger partial charge in [0.05, 0.1) is 6.61 Å². The molecule has 0 saturated heterocycles. The lowest BCUT2D eigenvalue weighted by molar-refractivity contribution is -0.137. The van der Waals surface area contributed by atoms with E-state index in [0.717, 1.165) is 5.56 Å². The van der Waals surface area contributed by atoms with Gasteiger partial charge in [-0.15, -0.1) is 0 Å². The number of aliphatic hydroxyl groups excluding tert-OH is 2. The van der Waals surface area contributed by atoms with E-state index < -0.39 is 17.4 Å². The summed E-state index contributed by atoms with van der Waals surface area (Å²) in [6.07, 6.45) is 0.0488. The van der Waals surface area contributed by atoms with Crippen molar-refractivity contribution in [3.8, 4) is 0 Å². The van der Waals surface area contributed by atoms with E-state index in [2.05, 4.69) is 5.32 Å². The molecule has 0 spiro atoms. The monoisotopic (exact) mass is 353 g/mol. The van der Waals surface area contributed by atoms with Gasteiger partial charge in [0.25, 0.3) is 0 Å². The largest absolute Gasteiger partial charge is 0.396 e. The number of aryl methyl sites for hydroxylation is 2. The van der Waals surface area contributed by atoms with Crippen molar-refractivity contribution in [1.29, 1.82) is 0 Å². The highest BCUT2D eigenvalue weighted by atomic mass is 19.1. The highest BCUT2D eigenvalue weighted by Crippen LogP contribution is 2.19. The molecule has 1 amide bonds. The Balaban J connectivity index is 2.28. The molecule has 0 saturated carbocycles. The van der Waals surface area contributed by atoms with Gasteiger partial charge in [-0.1, -0.05) is 26.0 Å². The second-order valence-corrected chi connectivity index (χ2v) is 7.08. The lowest BCUT2D eigenvalue weighted by atomic mass is 9.87. The topological polar surface area (TPSA) is 86.6 Å². The summed E-state index contributed by atoms with van der Waals surface area (Å²) < 4.78 is 13.7. The predicted molar refractivity (Wildman–Crippen MR) is 93.6 cm³/mol. The molecule has 0 fully saturated rings. The number of amides is 1. The van der Waals surface area contributed by atoms with E-state index in [1.165, 1.54) is 6.07 Å².